The van der Waals surface area contributed by atoms with Gasteiger partial charge in [0.1, 0.15) is 0 Å². The molecule has 0 radical (unpaired) electrons. The van der Waals surface area contributed by atoms with E-state index in [4.69, 9.17) is 0 Å². The zero-order valence-corrected chi connectivity index (χ0v) is 19.7. The number of allylic oxidation sites excluding steroid dienone is 5. The fraction of sp³-hybridized carbons (Fsp3) is 0.786. The number of hydrogen-bond acceptors (Lipinski definition) is 1. The number of aliphatic hydroxyl groups excluding tert-OH is 1. The maximum Gasteiger partial charge on any atom is 0.0578 e. The Labute approximate surface area is 179 Å². The van der Waals surface area contributed by atoms with E-state index in [2.05, 4.69) is 65.8 Å². The third-order valence-corrected chi connectivity index (χ3v) is 10.0. The van der Waals surface area contributed by atoms with Crippen molar-refractivity contribution in [3.8, 4) is 0 Å². The van der Waals surface area contributed by atoms with Gasteiger partial charge in [-0.25, -0.2) is 0 Å². The highest BCUT2D eigenvalue weighted by molar-refractivity contribution is 5.39. The first-order valence-electron chi connectivity index (χ1n) is 12.4. The fourth-order valence-corrected chi connectivity index (χ4v) is 7.59. The van der Waals surface area contributed by atoms with Crippen molar-refractivity contribution < 1.29 is 5.11 Å². The third-order valence-electron chi connectivity index (χ3n) is 10.0. The molecule has 162 valence electrons. The second-order valence-electron chi connectivity index (χ2n) is 11.9. The molecule has 3 unspecified atom stereocenters. The molecular weight excluding hydrogens is 352 g/mol. The first kappa shape index (κ1) is 21.4. The highest BCUT2D eigenvalue weighted by Crippen LogP contribution is 2.65. The van der Waals surface area contributed by atoms with Crippen LogP contribution in [0.1, 0.15) is 86.5 Å². The lowest BCUT2D eigenvalue weighted by Crippen LogP contribution is -2.46. The summed E-state index contributed by atoms with van der Waals surface area (Å²) in [6.45, 7) is 14.6. The molecule has 4 aliphatic rings. The smallest absolute Gasteiger partial charge is 0.0578 e. The number of aliphatic hydroxyl groups is 1. The highest BCUT2D eigenvalue weighted by Gasteiger charge is 2.56. The van der Waals surface area contributed by atoms with Gasteiger partial charge >= 0.3 is 0 Å². The Morgan fingerprint density at radius 1 is 0.931 bits per heavy atom. The van der Waals surface area contributed by atoms with Gasteiger partial charge in [0.2, 0.25) is 0 Å². The van der Waals surface area contributed by atoms with Gasteiger partial charge in [0.15, 0.2) is 0 Å². The normalized spacial score (nSPS) is 44.0. The van der Waals surface area contributed by atoms with Crippen LogP contribution in [0.25, 0.3) is 0 Å². The molecule has 3 fully saturated rings. The quantitative estimate of drug-likeness (QED) is 0.493. The Kier molecular flexibility index (Phi) is 5.69. The van der Waals surface area contributed by atoms with Crippen LogP contribution < -0.4 is 0 Å². The molecule has 29 heavy (non-hydrogen) atoms. The molecule has 0 amide bonds. The van der Waals surface area contributed by atoms with E-state index in [1.165, 1.54) is 37.7 Å². The number of rotatable bonds is 4. The second-order valence-corrected chi connectivity index (χ2v) is 11.9. The molecule has 3 saturated carbocycles. The Hall–Kier alpha value is -0.820. The van der Waals surface area contributed by atoms with E-state index in [1.807, 2.05) is 0 Å². The molecule has 0 aromatic rings. The first-order valence-corrected chi connectivity index (χ1v) is 12.4. The zero-order chi connectivity index (χ0) is 21.0. The minimum atomic E-state index is -0.116. The molecule has 0 saturated heterocycles. The monoisotopic (exact) mass is 396 g/mol. The van der Waals surface area contributed by atoms with E-state index in [9.17, 15) is 5.11 Å². The van der Waals surface area contributed by atoms with E-state index >= 15 is 0 Å². The van der Waals surface area contributed by atoms with Crippen molar-refractivity contribution in [2.75, 3.05) is 0 Å². The third kappa shape index (κ3) is 3.50. The van der Waals surface area contributed by atoms with E-state index in [0.717, 1.165) is 36.5 Å². The molecule has 1 N–H and O–H groups in total. The molecule has 4 rings (SSSR count). The van der Waals surface area contributed by atoms with Gasteiger partial charge in [0, 0.05) is 0 Å². The molecule has 0 spiro atoms. The molecule has 0 aromatic heterocycles. The Bertz CT molecular complexity index is 712. The van der Waals surface area contributed by atoms with Gasteiger partial charge in [-0.2, -0.15) is 0 Å². The van der Waals surface area contributed by atoms with Crippen LogP contribution >= 0.6 is 0 Å². The average molecular weight is 397 g/mol. The van der Waals surface area contributed by atoms with Crippen LogP contribution in [0.4, 0.5) is 0 Å². The molecule has 1 nitrogen and oxygen atoms in total. The van der Waals surface area contributed by atoms with Crippen LogP contribution in [0.15, 0.2) is 35.5 Å². The standard InChI is InChI=1S/C28H44O/c1-18(2)19(3)7-8-20(4)24-11-12-25-23-10-9-21-17-22(29)13-15-27(21,5)26(23)14-16-28(24,25)6/h7-10,18-20,22,24-26,29H,11-17H2,1-6H3/b8-7+/t19?,20?,22-,24+,25-,26+,27?,28+/m0/s1. The molecule has 1 heteroatoms. The lowest BCUT2D eigenvalue weighted by atomic mass is 9.50. The average Bonchev–Trinajstić information content (AvgIpc) is 3.03. The van der Waals surface area contributed by atoms with Crippen molar-refractivity contribution in [1.29, 1.82) is 0 Å². The van der Waals surface area contributed by atoms with E-state index in [0.29, 0.717) is 22.7 Å². The molecule has 4 aliphatic carbocycles. The predicted molar refractivity (Wildman–Crippen MR) is 123 cm³/mol. The van der Waals surface area contributed by atoms with Gasteiger partial charge in [0.25, 0.3) is 0 Å². The van der Waals surface area contributed by atoms with Gasteiger partial charge in [-0.1, -0.05) is 77.0 Å². The van der Waals surface area contributed by atoms with Crippen molar-refractivity contribution in [3.63, 3.8) is 0 Å². The first-order chi connectivity index (χ1) is 13.7. The molecule has 0 bridgehead atoms. The van der Waals surface area contributed by atoms with Crippen molar-refractivity contribution in [2.24, 2.45) is 46.3 Å². The Morgan fingerprint density at radius 2 is 1.69 bits per heavy atom. The SMILES string of the molecule is CC(C)C(C)/C=C/C(C)[C@H]1CC[C@H]2C3=CC=C4C[C@@H](O)CCC4(C)[C@@H]3CC[C@]12C. The van der Waals surface area contributed by atoms with Gasteiger partial charge < -0.3 is 5.11 Å². The topological polar surface area (TPSA) is 20.2 Å². The van der Waals surface area contributed by atoms with Crippen LogP contribution in [0.3, 0.4) is 0 Å². The van der Waals surface area contributed by atoms with Crippen molar-refractivity contribution >= 4 is 0 Å². The van der Waals surface area contributed by atoms with Crippen LogP contribution in [0.2, 0.25) is 0 Å². The summed E-state index contributed by atoms with van der Waals surface area (Å²) >= 11 is 0. The Morgan fingerprint density at radius 3 is 2.41 bits per heavy atom. The second kappa shape index (κ2) is 7.70. The maximum absolute atomic E-state index is 10.2. The summed E-state index contributed by atoms with van der Waals surface area (Å²) in [5, 5.41) is 10.2. The van der Waals surface area contributed by atoms with E-state index < -0.39 is 0 Å². The maximum atomic E-state index is 10.2. The Balaban J connectivity index is 1.57. The molecule has 0 aromatic carbocycles. The lowest BCUT2D eigenvalue weighted by molar-refractivity contribution is 0.0382. The summed E-state index contributed by atoms with van der Waals surface area (Å²) in [4.78, 5) is 0. The van der Waals surface area contributed by atoms with Crippen LogP contribution in [0, 0.1) is 46.3 Å². The fourth-order valence-electron chi connectivity index (χ4n) is 7.59. The van der Waals surface area contributed by atoms with Crippen molar-refractivity contribution in [3.05, 3.63) is 35.5 Å². The van der Waals surface area contributed by atoms with Gasteiger partial charge in [-0.15, -0.1) is 0 Å². The lowest BCUT2D eigenvalue weighted by Gasteiger charge is -2.55. The van der Waals surface area contributed by atoms with E-state index in [1.54, 1.807) is 5.57 Å². The minimum absolute atomic E-state index is 0.116. The summed E-state index contributed by atoms with van der Waals surface area (Å²) in [5.74, 6) is 4.38. The number of fused-ring (bicyclic) bond motifs is 5. The van der Waals surface area contributed by atoms with Crippen LogP contribution in [-0.2, 0) is 0 Å². The summed E-state index contributed by atoms with van der Waals surface area (Å²) in [6, 6.07) is 0. The highest BCUT2D eigenvalue weighted by atomic mass is 16.3. The zero-order valence-electron chi connectivity index (χ0n) is 19.7. The summed E-state index contributed by atoms with van der Waals surface area (Å²) < 4.78 is 0. The van der Waals surface area contributed by atoms with Gasteiger partial charge in [-0.3, -0.25) is 0 Å². The van der Waals surface area contributed by atoms with E-state index in [-0.39, 0.29) is 6.10 Å². The number of hydrogen-bond donors (Lipinski definition) is 1. The summed E-state index contributed by atoms with van der Waals surface area (Å²) in [5.41, 5.74) is 4.07. The van der Waals surface area contributed by atoms with Crippen molar-refractivity contribution in [2.45, 2.75) is 92.6 Å². The predicted octanol–water partition coefficient (Wildman–Crippen LogP) is 7.33. The van der Waals surface area contributed by atoms with Crippen LogP contribution in [0.5, 0.6) is 0 Å². The summed E-state index contributed by atoms with van der Waals surface area (Å²) in [6.07, 6.45) is 18.4. The largest absolute Gasteiger partial charge is 0.393 e. The van der Waals surface area contributed by atoms with Crippen molar-refractivity contribution in [1.82, 2.24) is 0 Å². The van der Waals surface area contributed by atoms with Gasteiger partial charge in [-0.05, 0) is 91.3 Å². The molecule has 8 atom stereocenters. The van der Waals surface area contributed by atoms with Crippen LogP contribution in [-0.4, -0.2) is 11.2 Å². The molecular formula is C28H44O. The molecule has 0 aliphatic heterocycles. The molecule has 0 heterocycles. The van der Waals surface area contributed by atoms with Gasteiger partial charge in [0.05, 0.1) is 6.10 Å². The summed E-state index contributed by atoms with van der Waals surface area (Å²) in [7, 11) is 0. The minimum Gasteiger partial charge on any atom is -0.393 e.